The van der Waals surface area contributed by atoms with Crippen molar-refractivity contribution >= 4 is 11.6 Å². The summed E-state index contributed by atoms with van der Waals surface area (Å²) in [7, 11) is 1.98. The van der Waals surface area contributed by atoms with E-state index in [2.05, 4.69) is 10.2 Å². The first-order chi connectivity index (χ1) is 10.5. The molecule has 2 N–H and O–H groups in total. The van der Waals surface area contributed by atoms with Gasteiger partial charge in [-0.3, -0.25) is 4.79 Å². The largest absolute Gasteiger partial charge is 0.393 e. The summed E-state index contributed by atoms with van der Waals surface area (Å²) in [6, 6.07) is 5.75. The molecule has 2 atom stereocenters. The van der Waals surface area contributed by atoms with Crippen molar-refractivity contribution in [3.63, 3.8) is 0 Å². The Kier molecular flexibility index (Phi) is 6.34. The van der Waals surface area contributed by atoms with Gasteiger partial charge in [-0.1, -0.05) is 12.8 Å². The second kappa shape index (κ2) is 8.25. The van der Waals surface area contributed by atoms with Crippen molar-refractivity contribution in [2.24, 2.45) is 5.92 Å². The van der Waals surface area contributed by atoms with Gasteiger partial charge in [0.15, 0.2) is 0 Å². The molecule has 1 amide bonds. The molecular weight excluding hydrogens is 283 g/mol. The Morgan fingerprint density at radius 2 is 2.00 bits per heavy atom. The number of rotatable bonds is 6. The maximum atomic E-state index is 12.8. The first kappa shape index (κ1) is 16.9. The minimum atomic E-state index is -0.316. The molecule has 0 bridgehead atoms. The first-order valence-electron chi connectivity index (χ1n) is 7.96. The molecule has 22 heavy (non-hydrogen) atoms. The van der Waals surface area contributed by atoms with Gasteiger partial charge < -0.3 is 15.3 Å². The lowest BCUT2D eigenvalue weighted by atomic mass is 9.86. The van der Waals surface area contributed by atoms with Crippen LogP contribution in [0.5, 0.6) is 0 Å². The summed E-state index contributed by atoms with van der Waals surface area (Å²) in [5.41, 5.74) is 0.608. The maximum absolute atomic E-state index is 12.8. The molecule has 0 aliphatic heterocycles. The number of aliphatic hydroxyl groups is 1. The lowest BCUT2D eigenvalue weighted by Crippen LogP contribution is -2.36. The van der Waals surface area contributed by atoms with Gasteiger partial charge in [0.1, 0.15) is 5.82 Å². The van der Waals surface area contributed by atoms with Crippen molar-refractivity contribution in [3.05, 3.63) is 30.1 Å². The fourth-order valence-electron chi connectivity index (χ4n) is 2.94. The Bertz CT molecular complexity index is 478. The van der Waals surface area contributed by atoms with E-state index in [0.29, 0.717) is 24.6 Å². The van der Waals surface area contributed by atoms with Gasteiger partial charge in [-0.05, 0) is 50.1 Å². The van der Waals surface area contributed by atoms with E-state index in [1.807, 2.05) is 7.05 Å². The summed E-state index contributed by atoms with van der Waals surface area (Å²) < 4.78 is 12.8. The number of carbonyl (C=O) groups excluding carboxylic acids is 1. The lowest BCUT2D eigenvalue weighted by molar-refractivity contribution is -0.116. The average molecular weight is 308 g/mol. The number of benzene rings is 1. The predicted molar refractivity (Wildman–Crippen MR) is 85.1 cm³/mol. The molecule has 122 valence electrons. The molecule has 1 aromatic rings. The first-order valence-corrected chi connectivity index (χ1v) is 7.96. The van der Waals surface area contributed by atoms with Crippen LogP contribution in [0.3, 0.4) is 0 Å². The van der Waals surface area contributed by atoms with Gasteiger partial charge in [0.25, 0.3) is 0 Å². The Morgan fingerprint density at radius 1 is 1.32 bits per heavy atom. The number of anilines is 1. The molecule has 1 aromatic carbocycles. The Labute approximate surface area is 131 Å². The highest BCUT2D eigenvalue weighted by molar-refractivity contribution is 5.90. The van der Waals surface area contributed by atoms with Crippen molar-refractivity contribution < 1.29 is 14.3 Å². The topological polar surface area (TPSA) is 52.6 Å². The Balaban J connectivity index is 1.70. The standard InChI is InChI=1S/C17H25FN2O2/c1-20(12-13-4-2-3-5-16(13)21)11-10-17(22)19-15-8-6-14(18)7-9-15/h6-9,13,16,21H,2-5,10-12H2,1H3,(H,19,22). The van der Waals surface area contributed by atoms with Crippen LogP contribution < -0.4 is 5.32 Å². The number of hydrogen-bond donors (Lipinski definition) is 2. The number of carbonyl (C=O) groups is 1. The van der Waals surface area contributed by atoms with Crippen molar-refractivity contribution in [3.8, 4) is 0 Å². The highest BCUT2D eigenvalue weighted by atomic mass is 19.1. The number of halogens is 1. The molecule has 2 unspecified atom stereocenters. The van der Waals surface area contributed by atoms with Crippen molar-refractivity contribution in [1.82, 2.24) is 4.90 Å². The van der Waals surface area contributed by atoms with E-state index in [1.165, 1.54) is 18.6 Å². The van der Waals surface area contributed by atoms with E-state index in [1.54, 1.807) is 12.1 Å². The summed E-state index contributed by atoms with van der Waals surface area (Å²) in [6.45, 7) is 1.47. The third-order valence-electron chi connectivity index (χ3n) is 4.26. The average Bonchev–Trinajstić information content (AvgIpc) is 2.50. The molecule has 0 saturated heterocycles. The van der Waals surface area contributed by atoms with Crippen LogP contribution in [-0.4, -0.2) is 42.2 Å². The zero-order chi connectivity index (χ0) is 15.9. The number of nitrogens with one attached hydrogen (secondary N) is 1. The van der Waals surface area contributed by atoms with Gasteiger partial charge in [0, 0.05) is 25.2 Å². The number of aliphatic hydroxyl groups excluding tert-OH is 1. The van der Waals surface area contributed by atoms with E-state index in [0.717, 1.165) is 25.8 Å². The molecule has 5 heteroatoms. The summed E-state index contributed by atoms with van der Waals surface area (Å²) in [5.74, 6) is -0.0784. The summed E-state index contributed by atoms with van der Waals surface area (Å²) >= 11 is 0. The lowest BCUT2D eigenvalue weighted by Gasteiger charge is -2.31. The minimum absolute atomic E-state index is 0.0809. The van der Waals surface area contributed by atoms with Gasteiger partial charge in [0.05, 0.1) is 6.10 Å². The van der Waals surface area contributed by atoms with Crippen LogP contribution in [0, 0.1) is 11.7 Å². The van der Waals surface area contributed by atoms with Gasteiger partial charge in [-0.25, -0.2) is 4.39 Å². The van der Waals surface area contributed by atoms with Gasteiger partial charge >= 0.3 is 0 Å². The zero-order valence-corrected chi connectivity index (χ0v) is 13.1. The number of hydrogen-bond acceptors (Lipinski definition) is 3. The van der Waals surface area contributed by atoms with Crippen LogP contribution in [0.4, 0.5) is 10.1 Å². The molecule has 2 rings (SSSR count). The van der Waals surface area contributed by atoms with Gasteiger partial charge in [-0.2, -0.15) is 0 Å². The molecular formula is C17H25FN2O2. The quantitative estimate of drug-likeness (QED) is 0.849. The summed E-state index contributed by atoms with van der Waals surface area (Å²) in [4.78, 5) is 14.0. The number of nitrogens with zero attached hydrogens (tertiary/aromatic N) is 1. The fourth-order valence-corrected chi connectivity index (χ4v) is 2.94. The van der Waals surface area contributed by atoms with E-state index in [-0.39, 0.29) is 17.8 Å². The van der Waals surface area contributed by atoms with Crippen LogP contribution >= 0.6 is 0 Å². The monoisotopic (exact) mass is 308 g/mol. The zero-order valence-electron chi connectivity index (χ0n) is 13.1. The molecule has 4 nitrogen and oxygen atoms in total. The number of amides is 1. The molecule has 0 radical (unpaired) electrons. The highest BCUT2D eigenvalue weighted by Gasteiger charge is 2.24. The SMILES string of the molecule is CN(CCC(=O)Nc1ccc(F)cc1)CC1CCCCC1O. The highest BCUT2D eigenvalue weighted by Crippen LogP contribution is 2.24. The van der Waals surface area contributed by atoms with Gasteiger partial charge in [0.2, 0.25) is 5.91 Å². The van der Waals surface area contributed by atoms with Crippen LogP contribution in [0.2, 0.25) is 0 Å². The Morgan fingerprint density at radius 3 is 2.68 bits per heavy atom. The van der Waals surface area contributed by atoms with Crippen LogP contribution in [0.15, 0.2) is 24.3 Å². The molecule has 1 aliphatic carbocycles. The summed E-state index contributed by atoms with van der Waals surface area (Å²) in [5, 5.41) is 12.7. The van der Waals surface area contributed by atoms with Crippen LogP contribution in [0.1, 0.15) is 32.1 Å². The van der Waals surface area contributed by atoms with Crippen molar-refractivity contribution in [2.75, 3.05) is 25.5 Å². The molecule has 0 aromatic heterocycles. The third kappa shape index (κ3) is 5.39. The van der Waals surface area contributed by atoms with Crippen LogP contribution in [-0.2, 0) is 4.79 Å². The molecule has 1 saturated carbocycles. The predicted octanol–water partition coefficient (Wildman–Crippen LogP) is 2.64. The smallest absolute Gasteiger partial charge is 0.225 e. The van der Waals surface area contributed by atoms with Crippen molar-refractivity contribution in [1.29, 1.82) is 0 Å². The molecule has 1 fully saturated rings. The molecule has 0 spiro atoms. The summed E-state index contributed by atoms with van der Waals surface area (Å²) in [6.07, 6.45) is 4.43. The second-order valence-corrected chi connectivity index (χ2v) is 6.18. The normalized spacial score (nSPS) is 21.8. The second-order valence-electron chi connectivity index (χ2n) is 6.18. The van der Waals surface area contributed by atoms with E-state index in [4.69, 9.17) is 0 Å². The van der Waals surface area contributed by atoms with Gasteiger partial charge in [-0.15, -0.1) is 0 Å². The van der Waals surface area contributed by atoms with E-state index < -0.39 is 0 Å². The Hall–Kier alpha value is -1.46. The minimum Gasteiger partial charge on any atom is -0.393 e. The fraction of sp³-hybridized carbons (Fsp3) is 0.588. The van der Waals surface area contributed by atoms with E-state index in [9.17, 15) is 14.3 Å². The van der Waals surface area contributed by atoms with E-state index >= 15 is 0 Å². The van der Waals surface area contributed by atoms with Crippen LogP contribution in [0.25, 0.3) is 0 Å². The third-order valence-corrected chi connectivity index (χ3v) is 4.26. The maximum Gasteiger partial charge on any atom is 0.225 e. The van der Waals surface area contributed by atoms with Crippen molar-refractivity contribution in [2.45, 2.75) is 38.2 Å². The molecule has 1 aliphatic rings. The molecule has 0 heterocycles.